The molecular formula is C11H10N4O4S. The summed E-state index contributed by atoms with van der Waals surface area (Å²) in [5, 5.41) is 21.7. The Hall–Kier alpha value is -2.55. The molecular weight excluding hydrogens is 284 g/mol. The maximum atomic E-state index is 11.0. The highest BCUT2D eigenvalue weighted by atomic mass is 32.1. The molecule has 0 aromatic carbocycles. The Labute approximate surface area is 117 Å². The minimum absolute atomic E-state index is 0.105. The summed E-state index contributed by atoms with van der Waals surface area (Å²) in [4.78, 5) is 30.7. The molecule has 2 rings (SSSR count). The van der Waals surface area contributed by atoms with E-state index in [1.165, 1.54) is 11.3 Å². The number of hydrogen-bond acceptors (Lipinski definition) is 7. The van der Waals surface area contributed by atoms with Gasteiger partial charge in [0, 0.05) is 24.7 Å². The van der Waals surface area contributed by atoms with Crippen LogP contribution in [0.15, 0.2) is 23.2 Å². The van der Waals surface area contributed by atoms with Crippen LogP contribution < -0.4 is 4.90 Å². The number of carboxylic acids is 1. The van der Waals surface area contributed by atoms with Crippen LogP contribution >= 0.6 is 11.3 Å². The molecule has 1 N–H and O–H groups in total. The highest BCUT2D eigenvalue weighted by molar-refractivity contribution is 7.07. The van der Waals surface area contributed by atoms with Crippen molar-refractivity contribution in [3.63, 3.8) is 0 Å². The minimum Gasteiger partial charge on any atom is -0.478 e. The highest BCUT2D eigenvalue weighted by Crippen LogP contribution is 2.26. The molecule has 2 heterocycles. The number of carbonyl (C=O) groups is 1. The molecule has 0 radical (unpaired) electrons. The van der Waals surface area contributed by atoms with E-state index < -0.39 is 10.9 Å². The van der Waals surface area contributed by atoms with Crippen molar-refractivity contribution in [3.8, 4) is 0 Å². The van der Waals surface area contributed by atoms with E-state index >= 15 is 0 Å². The molecule has 2 aromatic rings. The molecule has 0 aliphatic heterocycles. The first kappa shape index (κ1) is 13.9. The minimum atomic E-state index is -1.26. The number of aromatic carboxylic acids is 1. The van der Waals surface area contributed by atoms with Crippen molar-refractivity contribution in [2.24, 2.45) is 0 Å². The smallest absolute Gasteiger partial charge is 0.337 e. The van der Waals surface area contributed by atoms with Crippen molar-refractivity contribution in [2.75, 3.05) is 11.9 Å². The van der Waals surface area contributed by atoms with Crippen LogP contribution in [0.5, 0.6) is 0 Å². The first-order chi connectivity index (χ1) is 9.49. The topological polar surface area (TPSA) is 109 Å². The molecule has 0 fully saturated rings. The molecule has 0 bridgehead atoms. The van der Waals surface area contributed by atoms with E-state index in [1.54, 1.807) is 17.5 Å². The lowest BCUT2D eigenvalue weighted by molar-refractivity contribution is -0.384. The van der Waals surface area contributed by atoms with Gasteiger partial charge >= 0.3 is 11.7 Å². The molecule has 0 aliphatic carbocycles. The standard InChI is InChI=1S/C11H10N4O4S/c1-14(4-8-5-20-6-13-8)10-9(15(18)19)2-7(3-12-10)11(16)17/h2-3,5-6H,4H2,1H3,(H,16,17). The average Bonchev–Trinajstić information content (AvgIpc) is 2.90. The fraction of sp³-hybridized carbons (Fsp3) is 0.182. The number of rotatable bonds is 5. The summed E-state index contributed by atoms with van der Waals surface area (Å²) in [5.74, 6) is -1.15. The molecule has 20 heavy (non-hydrogen) atoms. The first-order valence-electron chi connectivity index (χ1n) is 5.45. The number of thiazole rings is 1. The number of pyridine rings is 1. The number of nitrogens with zero attached hydrogens (tertiary/aromatic N) is 4. The molecule has 0 unspecified atom stereocenters. The van der Waals surface area contributed by atoms with Gasteiger partial charge in [0.2, 0.25) is 5.82 Å². The fourth-order valence-corrected chi connectivity index (χ4v) is 2.17. The van der Waals surface area contributed by atoms with Crippen molar-refractivity contribution in [2.45, 2.75) is 6.54 Å². The molecule has 104 valence electrons. The molecule has 0 saturated carbocycles. The zero-order chi connectivity index (χ0) is 14.7. The number of nitro groups is 1. The van der Waals surface area contributed by atoms with Crippen molar-refractivity contribution < 1.29 is 14.8 Å². The van der Waals surface area contributed by atoms with Crippen LogP contribution in [0.2, 0.25) is 0 Å². The van der Waals surface area contributed by atoms with Gasteiger partial charge < -0.3 is 10.0 Å². The normalized spacial score (nSPS) is 10.2. The lowest BCUT2D eigenvalue weighted by atomic mass is 10.2. The molecule has 0 saturated heterocycles. The summed E-state index contributed by atoms with van der Waals surface area (Å²) in [5.41, 5.74) is 1.86. The summed E-state index contributed by atoms with van der Waals surface area (Å²) < 4.78 is 0. The number of carboxylic acid groups (broad SMARTS) is 1. The number of aromatic nitrogens is 2. The molecule has 0 amide bonds. The van der Waals surface area contributed by atoms with Crippen molar-refractivity contribution in [1.82, 2.24) is 9.97 Å². The van der Waals surface area contributed by atoms with Gasteiger partial charge in [-0.1, -0.05) is 0 Å². The summed E-state index contributed by atoms with van der Waals surface area (Å²) in [6.07, 6.45) is 1.10. The van der Waals surface area contributed by atoms with E-state index in [0.717, 1.165) is 18.0 Å². The second-order valence-electron chi connectivity index (χ2n) is 3.96. The lowest BCUT2D eigenvalue weighted by Gasteiger charge is -2.16. The van der Waals surface area contributed by atoms with Crippen LogP contribution in [0.4, 0.5) is 11.5 Å². The van der Waals surface area contributed by atoms with Gasteiger partial charge in [-0.3, -0.25) is 10.1 Å². The van der Waals surface area contributed by atoms with Crippen LogP contribution in [0.25, 0.3) is 0 Å². The van der Waals surface area contributed by atoms with E-state index in [2.05, 4.69) is 9.97 Å². The van der Waals surface area contributed by atoms with Gasteiger partial charge in [-0.15, -0.1) is 11.3 Å². The van der Waals surface area contributed by atoms with Gasteiger partial charge in [0.05, 0.1) is 28.2 Å². The van der Waals surface area contributed by atoms with Crippen molar-refractivity contribution >= 4 is 28.8 Å². The Morgan fingerprint density at radius 1 is 1.55 bits per heavy atom. The summed E-state index contributed by atoms with van der Waals surface area (Å²) in [6.45, 7) is 0.351. The van der Waals surface area contributed by atoms with Crippen molar-refractivity contribution in [1.29, 1.82) is 0 Å². The maximum absolute atomic E-state index is 11.0. The predicted molar refractivity (Wildman–Crippen MR) is 72.1 cm³/mol. The van der Waals surface area contributed by atoms with Gasteiger partial charge in [-0.25, -0.2) is 14.8 Å². The Kier molecular flexibility index (Phi) is 3.89. The van der Waals surface area contributed by atoms with Crippen LogP contribution in [0.3, 0.4) is 0 Å². The van der Waals surface area contributed by atoms with Gasteiger partial charge in [-0.05, 0) is 0 Å². The Balaban J connectivity index is 2.35. The Morgan fingerprint density at radius 3 is 2.85 bits per heavy atom. The molecule has 8 nitrogen and oxygen atoms in total. The van der Waals surface area contributed by atoms with Gasteiger partial charge in [0.15, 0.2) is 0 Å². The van der Waals surface area contributed by atoms with Crippen LogP contribution in [-0.2, 0) is 6.54 Å². The summed E-state index contributed by atoms with van der Waals surface area (Å²) in [6, 6.07) is 1.00. The highest BCUT2D eigenvalue weighted by Gasteiger charge is 2.22. The largest absolute Gasteiger partial charge is 0.478 e. The van der Waals surface area contributed by atoms with E-state index in [-0.39, 0.29) is 17.1 Å². The lowest BCUT2D eigenvalue weighted by Crippen LogP contribution is -2.19. The summed E-state index contributed by atoms with van der Waals surface area (Å²) in [7, 11) is 1.63. The third kappa shape index (κ3) is 2.88. The van der Waals surface area contributed by atoms with E-state index in [4.69, 9.17) is 5.11 Å². The zero-order valence-corrected chi connectivity index (χ0v) is 11.2. The van der Waals surface area contributed by atoms with Gasteiger partial charge in [-0.2, -0.15) is 0 Å². The van der Waals surface area contributed by atoms with E-state index in [1.807, 2.05) is 5.38 Å². The molecule has 0 atom stereocenters. The molecule has 0 aliphatic rings. The third-order valence-electron chi connectivity index (χ3n) is 2.54. The van der Waals surface area contributed by atoms with E-state index in [0.29, 0.717) is 6.54 Å². The van der Waals surface area contributed by atoms with Crippen LogP contribution in [0.1, 0.15) is 16.1 Å². The monoisotopic (exact) mass is 294 g/mol. The van der Waals surface area contributed by atoms with Gasteiger partial charge in [0.1, 0.15) is 0 Å². The van der Waals surface area contributed by atoms with Gasteiger partial charge in [0.25, 0.3) is 0 Å². The number of hydrogen-bond donors (Lipinski definition) is 1. The average molecular weight is 294 g/mol. The summed E-state index contributed by atoms with van der Waals surface area (Å²) >= 11 is 1.42. The second kappa shape index (κ2) is 5.61. The van der Waals surface area contributed by atoms with Crippen LogP contribution in [0, 0.1) is 10.1 Å². The fourth-order valence-electron chi connectivity index (χ4n) is 1.62. The third-order valence-corrected chi connectivity index (χ3v) is 3.17. The zero-order valence-electron chi connectivity index (χ0n) is 10.4. The van der Waals surface area contributed by atoms with Crippen LogP contribution in [-0.4, -0.2) is 33.0 Å². The Bertz CT molecular complexity index is 644. The van der Waals surface area contributed by atoms with Crippen molar-refractivity contribution in [3.05, 3.63) is 44.5 Å². The molecule has 9 heteroatoms. The SMILES string of the molecule is CN(Cc1cscn1)c1ncc(C(=O)O)cc1[N+](=O)[O-]. The molecule has 0 spiro atoms. The molecule has 2 aromatic heterocycles. The first-order valence-corrected chi connectivity index (χ1v) is 6.39. The Morgan fingerprint density at radius 2 is 2.30 bits per heavy atom. The quantitative estimate of drug-likeness (QED) is 0.661. The number of anilines is 1. The van der Waals surface area contributed by atoms with E-state index in [9.17, 15) is 14.9 Å². The maximum Gasteiger partial charge on any atom is 0.337 e. The second-order valence-corrected chi connectivity index (χ2v) is 4.68. The predicted octanol–water partition coefficient (Wildman–Crippen LogP) is 1.78.